The number of hydrogen-bond donors (Lipinski definition) is 2. The summed E-state index contributed by atoms with van der Waals surface area (Å²) in [5.41, 5.74) is 1.08. The molecule has 1 aromatic rings. The van der Waals surface area contributed by atoms with E-state index in [9.17, 15) is 4.79 Å². The van der Waals surface area contributed by atoms with Crippen LogP contribution in [-0.4, -0.2) is 23.5 Å². The number of aromatic nitrogens is 1. The molecule has 1 amide bonds. The number of nitrogens with zero attached hydrogens (tertiary/aromatic N) is 1. The number of hydrogen-bond acceptors (Lipinski definition) is 3. The molecule has 0 saturated carbocycles. The van der Waals surface area contributed by atoms with Gasteiger partial charge in [-0.25, -0.2) is 0 Å². The molecule has 0 aliphatic carbocycles. The third kappa shape index (κ3) is 5.45. The third-order valence-corrected chi connectivity index (χ3v) is 2.73. The Kier molecular flexibility index (Phi) is 5.63. The highest BCUT2D eigenvalue weighted by atomic mass is 16.1. The topological polar surface area (TPSA) is 54.0 Å². The van der Waals surface area contributed by atoms with Gasteiger partial charge >= 0.3 is 0 Å². The van der Waals surface area contributed by atoms with E-state index in [0.717, 1.165) is 5.56 Å². The van der Waals surface area contributed by atoms with Gasteiger partial charge in [-0.2, -0.15) is 0 Å². The molecule has 1 heterocycles. The van der Waals surface area contributed by atoms with E-state index in [-0.39, 0.29) is 11.9 Å². The first kappa shape index (κ1) is 13.6. The maximum absolute atomic E-state index is 11.6. The van der Waals surface area contributed by atoms with E-state index in [2.05, 4.69) is 29.5 Å². The molecular formula is C13H21N3O. The molecule has 2 N–H and O–H groups in total. The van der Waals surface area contributed by atoms with Crippen LogP contribution >= 0.6 is 0 Å². The minimum Gasteiger partial charge on any atom is -0.352 e. The largest absolute Gasteiger partial charge is 0.352 e. The number of pyridine rings is 1. The summed E-state index contributed by atoms with van der Waals surface area (Å²) in [6, 6.07) is 4.08. The molecule has 1 atom stereocenters. The first-order valence-corrected chi connectivity index (χ1v) is 5.98. The van der Waals surface area contributed by atoms with Crippen LogP contribution in [0.3, 0.4) is 0 Å². The van der Waals surface area contributed by atoms with Crippen LogP contribution in [0.1, 0.15) is 26.3 Å². The normalized spacial score (nSPS) is 12.5. The fourth-order valence-corrected chi connectivity index (χ4v) is 1.29. The molecule has 0 aromatic carbocycles. The minimum absolute atomic E-state index is 0.0371. The molecule has 4 heteroatoms. The fourth-order valence-electron chi connectivity index (χ4n) is 1.29. The molecule has 0 radical (unpaired) electrons. The Labute approximate surface area is 103 Å². The first-order valence-electron chi connectivity index (χ1n) is 5.98. The zero-order valence-corrected chi connectivity index (χ0v) is 10.7. The molecule has 0 aliphatic rings. The van der Waals surface area contributed by atoms with Gasteiger partial charge in [0.15, 0.2) is 0 Å². The Hall–Kier alpha value is -1.42. The van der Waals surface area contributed by atoms with Crippen molar-refractivity contribution in [3.63, 3.8) is 0 Å². The maximum Gasteiger partial charge on any atom is 0.234 e. The van der Waals surface area contributed by atoms with Crippen molar-refractivity contribution in [2.24, 2.45) is 5.92 Å². The molecule has 1 unspecified atom stereocenters. The monoisotopic (exact) mass is 235 g/mol. The smallest absolute Gasteiger partial charge is 0.234 e. The fraction of sp³-hybridized carbons (Fsp3) is 0.538. The summed E-state index contributed by atoms with van der Waals surface area (Å²) in [6.45, 7) is 7.20. The van der Waals surface area contributed by atoms with Gasteiger partial charge in [0, 0.05) is 25.0 Å². The van der Waals surface area contributed by atoms with Gasteiger partial charge in [-0.1, -0.05) is 19.9 Å². The third-order valence-electron chi connectivity index (χ3n) is 2.73. The number of nitrogens with one attached hydrogen (secondary N) is 2. The summed E-state index contributed by atoms with van der Waals surface area (Å²) < 4.78 is 0. The van der Waals surface area contributed by atoms with Gasteiger partial charge in [0.1, 0.15) is 0 Å². The van der Waals surface area contributed by atoms with Gasteiger partial charge in [-0.05, 0) is 24.5 Å². The Balaban J connectivity index is 2.21. The highest BCUT2D eigenvalue weighted by Crippen LogP contribution is 1.99. The second-order valence-corrected chi connectivity index (χ2v) is 4.57. The second kappa shape index (κ2) is 7.01. The van der Waals surface area contributed by atoms with Crippen LogP contribution in [-0.2, 0) is 11.3 Å². The van der Waals surface area contributed by atoms with Gasteiger partial charge in [0.2, 0.25) is 5.91 Å². The summed E-state index contributed by atoms with van der Waals surface area (Å²) in [6.07, 6.45) is 3.53. The lowest BCUT2D eigenvalue weighted by atomic mass is 10.1. The highest BCUT2D eigenvalue weighted by molar-refractivity contribution is 5.78. The van der Waals surface area contributed by atoms with Crippen molar-refractivity contribution in [2.45, 2.75) is 33.4 Å². The lowest BCUT2D eigenvalue weighted by molar-refractivity contribution is -0.121. The number of rotatable bonds is 6. The summed E-state index contributed by atoms with van der Waals surface area (Å²) in [4.78, 5) is 15.6. The zero-order valence-electron chi connectivity index (χ0n) is 10.7. The minimum atomic E-state index is 0.0371. The van der Waals surface area contributed by atoms with Gasteiger partial charge in [-0.15, -0.1) is 0 Å². The zero-order chi connectivity index (χ0) is 12.7. The van der Waals surface area contributed by atoms with E-state index in [1.165, 1.54) is 0 Å². The lowest BCUT2D eigenvalue weighted by Crippen LogP contribution is -2.41. The molecular weight excluding hydrogens is 214 g/mol. The van der Waals surface area contributed by atoms with Crippen molar-refractivity contribution in [1.29, 1.82) is 0 Å². The second-order valence-electron chi connectivity index (χ2n) is 4.57. The van der Waals surface area contributed by atoms with Crippen LogP contribution in [0.4, 0.5) is 0 Å². The Morgan fingerprint density at radius 2 is 2.18 bits per heavy atom. The van der Waals surface area contributed by atoms with Gasteiger partial charge in [0.25, 0.3) is 0 Å². The molecule has 94 valence electrons. The van der Waals surface area contributed by atoms with Crippen molar-refractivity contribution in [2.75, 3.05) is 6.54 Å². The SMILES string of the molecule is CC(C)C(C)NC(=O)CNCc1cccnc1. The van der Waals surface area contributed by atoms with E-state index < -0.39 is 0 Å². The number of carbonyl (C=O) groups is 1. The average Bonchev–Trinajstić information content (AvgIpc) is 2.30. The van der Waals surface area contributed by atoms with E-state index in [4.69, 9.17) is 0 Å². The van der Waals surface area contributed by atoms with Crippen molar-refractivity contribution in [3.8, 4) is 0 Å². The molecule has 4 nitrogen and oxygen atoms in total. The molecule has 1 rings (SSSR count). The molecule has 0 spiro atoms. The van der Waals surface area contributed by atoms with Crippen molar-refractivity contribution in [1.82, 2.24) is 15.6 Å². The molecule has 0 bridgehead atoms. The average molecular weight is 235 g/mol. The predicted octanol–water partition coefficient (Wildman–Crippen LogP) is 1.33. The summed E-state index contributed by atoms with van der Waals surface area (Å²) in [5.74, 6) is 0.493. The number of amides is 1. The van der Waals surface area contributed by atoms with Crippen LogP contribution in [0, 0.1) is 5.92 Å². The molecule has 0 saturated heterocycles. The van der Waals surface area contributed by atoms with Crippen molar-refractivity contribution >= 4 is 5.91 Å². The van der Waals surface area contributed by atoms with E-state index >= 15 is 0 Å². The number of carbonyl (C=O) groups excluding carboxylic acids is 1. The Bertz CT molecular complexity index is 338. The van der Waals surface area contributed by atoms with Gasteiger partial charge in [0.05, 0.1) is 6.54 Å². The van der Waals surface area contributed by atoms with Crippen molar-refractivity contribution < 1.29 is 4.79 Å². The van der Waals surface area contributed by atoms with Crippen molar-refractivity contribution in [3.05, 3.63) is 30.1 Å². The Morgan fingerprint density at radius 1 is 1.41 bits per heavy atom. The molecule has 0 aliphatic heterocycles. The molecule has 1 aromatic heterocycles. The van der Waals surface area contributed by atoms with Gasteiger partial charge < -0.3 is 10.6 Å². The molecule has 0 fully saturated rings. The summed E-state index contributed by atoms with van der Waals surface area (Å²) in [5, 5.41) is 6.04. The lowest BCUT2D eigenvalue weighted by Gasteiger charge is -2.17. The summed E-state index contributed by atoms with van der Waals surface area (Å²) >= 11 is 0. The predicted molar refractivity (Wildman–Crippen MR) is 68.4 cm³/mol. The van der Waals surface area contributed by atoms with Crippen LogP contribution in [0.25, 0.3) is 0 Å². The van der Waals surface area contributed by atoms with E-state index in [1.54, 1.807) is 12.4 Å². The van der Waals surface area contributed by atoms with Crippen LogP contribution < -0.4 is 10.6 Å². The van der Waals surface area contributed by atoms with E-state index in [0.29, 0.717) is 19.0 Å². The van der Waals surface area contributed by atoms with Crippen LogP contribution in [0.5, 0.6) is 0 Å². The highest BCUT2D eigenvalue weighted by Gasteiger charge is 2.09. The van der Waals surface area contributed by atoms with Crippen LogP contribution in [0.2, 0.25) is 0 Å². The molecule has 17 heavy (non-hydrogen) atoms. The van der Waals surface area contributed by atoms with Crippen LogP contribution in [0.15, 0.2) is 24.5 Å². The maximum atomic E-state index is 11.6. The first-order chi connectivity index (χ1) is 8.09. The van der Waals surface area contributed by atoms with Gasteiger partial charge in [-0.3, -0.25) is 9.78 Å². The van der Waals surface area contributed by atoms with E-state index in [1.807, 2.05) is 19.1 Å². The summed E-state index contributed by atoms with van der Waals surface area (Å²) in [7, 11) is 0. The Morgan fingerprint density at radius 3 is 2.76 bits per heavy atom. The quantitative estimate of drug-likeness (QED) is 0.782. The standard InChI is InChI=1S/C13H21N3O/c1-10(2)11(3)16-13(17)9-15-8-12-5-4-6-14-7-12/h4-7,10-11,15H,8-9H2,1-3H3,(H,16,17).